The Morgan fingerprint density at radius 2 is 1.95 bits per heavy atom. The molecule has 0 aromatic heterocycles. The number of aliphatic carboxylic acids is 1. The van der Waals surface area contributed by atoms with Crippen molar-refractivity contribution < 1.29 is 19.4 Å². The molecule has 2 rings (SSSR count). The van der Waals surface area contributed by atoms with Crippen molar-refractivity contribution in [1.82, 2.24) is 4.90 Å². The standard InChI is InChI=1S/C15H19NO4/c1-11-8-15(9-11,13(17)18)16(2)14(19)20-10-12-6-4-3-5-7-12/h3-7,11H,8-10H2,1-2H3,(H,17,18). The predicted octanol–water partition coefficient (Wildman–Crippen LogP) is 2.51. The fourth-order valence-electron chi connectivity index (χ4n) is 2.68. The van der Waals surface area contributed by atoms with Crippen LogP contribution in [0.4, 0.5) is 4.79 Å². The number of carboxylic acid groups (broad SMARTS) is 1. The monoisotopic (exact) mass is 277 g/mol. The Morgan fingerprint density at radius 3 is 2.45 bits per heavy atom. The number of amides is 1. The lowest BCUT2D eigenvalue weighted by Gasteiger charge is -2.47. The summed E-state index contributed by atoms with van der Waals surface area (Å²) in [4.78, 5) is 24.6. The largest absolute Gasteiger partial charge is 0.479 e. The minimum atomic E-state index is -1.10. The number of likely N-dealkylation sites (N-methyl/N-ethyl adjacent to an activating group) is 1. The lowest BCUT2D eigenvalue weighted by Crippen LogP contribution is -2.62. The molecule has 1 N–H and O–H groups in total. The number of hydrogen-bond donors (Lipinski definition) is 1. The molecule has 0 atom stereocenters. The summed E-state index contributed by atoms with van der Waals surface area (Å²) in [6, 6.07) is 9.31. The Bertz CT molecular complexity index is 494. The Morgan fingerprint density at radius 1 is 1.35 bits per heavy atom. The smallest absolute Gasteiger partial charge is 0.410 e. The van der Waals surface area contributed by atoms with Crippen molar-refractivity contribution in [3.63, 3.8) is 0 Å². The SMILES string of the molecule is CC1CC(C(=O)O)(N(C)C(=O)OCc2ccccc2)C1. The van der Waals surface area contributed by atoms with Gasteiger partial charge in [-0.15, -0.1) is 0 Å². The molecule has 1 aromatic rings. The molecule has 0 saturated heterocycles. The second-order valence-electron chi connectivity index (χ2n) is 5.45. The summed E-state index contributed by atoms with van der Waals surface area (Å²) in [6.45, 7) is 2.12. The first-order valence-electron chi connectivity index (χ1n) is 6.63. The Hall–Kier alpha value is -2.04. The third-order valence-electron chi connectivity index (χ3n) is 3.89. The fraction of sp³-hybridized carbons (Fsp3) is 0.467. The third kappa shape index (κ3) is 2.61. The highest BCUT2D eigenvalue weighted by Gasteiger charge is 2.54. The van der Waals surface area contributed by atoms with Crippen LogP contribution in [0.3, 0.4) is 0 Å². The van der Waals surface area contributed by atoms with E-state index in [1.54, 1.807) is 0 Å². The van der Waals surface area contributed by atoms with Crippen molar-refractivity contribution in [2.24, 2.45) is 5.92 Å². The number of carboxylic acids is 1. The Balaban J connectivity index is 1.96. The Kier molecular flexibility index (Phi) is 3.97. The summed E-state index contributed by atoms with van der Waals surface area (Å²) in [5.41, 5.74) is -0.228. The predicted molar refractivity (Wildman–Crippen MR) is 73.2 cm³/mol. The van der Waals surface area contributed by atoms with Crippen LogP contribution in [0.1, 0.15) is 25.3 Å². The van der Waals surface area contributed by atoms with Gasteiger partial charge in [0.05, 0.1) is 0 Å². The molecule has 5 heteroatoms. The molecule has 0 unspecified atom stereocenters. The van der Waals surface area contributed by atoms with E-state index in [4.69, 9.17) is 4.74 Å². The van der Waals surface area contributed by atoms with Gasteiger partial charge in [-0.3, -0.25) is 4.90 Å². The molecular formula is C15H19NO4. The van der Waals surface area contributed by atoms with Gasteiger partial charge in [0.1, 0.15) is 12.1 Å². The maximum atomic E-state index is 12.0. The lowest BCUT2D eigenvalue weighted by molar-refractivity contribution is -0.159. The molecule has 0 heterocycles. The molecule has 1 aliphatic carbocycles. The summed E-state index contributed by atoms with van der Waals surface area (Å²) in [6.07, 6.45) is 0.349. The summed E-state index contributed by atoms with van der Waals surface area (Å²) >= 11 is 0. The van der Waals surface area contributed by atoms with Gasteiger partial charge in [0.25, 0.3) is 0 Å². The van der Waals surface area contributed by atoms with E-state index in [0.29, 0.717) is 18.8 Å². The van der Waals surface area contributed by atoms with E-state index >= 15 is 0 Å². The summed E-state index contributed by atoms with van der Waals surface area (Å²) in [5.74, 6) is -0.648. The zero-order valence-corrected chi connectivity index (χ0v) is 11.7. The van der Waals surface area contributed by atoms with E-state index in [1.807, 2.05) is 37.3 Å². The highest BCUT2D eigenvalue weighted by atomic mass is 16.6. The number of carbonyl (C=O) groups excluding carboxylic acids is 1. The third-order valence-corrected chi connectivity index (χ3v) is 3.89. The normalized spacial score (nSPS) is 24.6. The molecule has 1 saturated carbocycles. The highest BCUT2D eigenvalue weighted by molar-refractivity contribution is 5.85. The highest BCUT2D eigenvalue weighted by Crippen LogP contribution is 2.42. The summed E-state index contributed by atoms with van der Waals surface area (Å²) < 4.78 is 5.18. The van der Waals surface area contributed by atoms with Crippen LogP contribution in [0.15, 0.2) is 30.3 Å². The van der Waals surface area contributed by atoms with Gasteiger partial charge in [-0.25, -0.2) is 9.59 Å². The first kappa shape index (κ1) is 14.4. The molecule has 108 valence electrons. The zero-order valence-electron chi connectivity index (χ0n) is 11.7. The van der Waals surface area contributed by atoms with Gasteiger partial charge in [0.15, 0.2) is 0 Å². The van der Waals surface area contributed by atoms with Gasteiger partial charge in [0.2, 0.25) is 0 Å². The quantitative estimate of drug-likeness (QED) is 0.918. The van der Waals surface area contributed by atoms with E-state index in [9.17, 15) is 14.7 Å². The minimum Gasteiger partial charge on any atom is -0.479 e. The van der Waals surface area contributed by atoms with Gasteiger partial charge >= 0.3 is 12.1 Å². The summed E-state index contributed by atoms with van der Waals surface area (Å²) in [5, 5.41) is 9.36. The fourth-order valence-corrected chi connectivity index (χ4v) is 2.68. The second kappa shape index (κ2) is 5.53. The van der Waals surface area contributed by atoms with E-state index in [1.165, 1.54) is 11.9 Å². The van der Waals surface area contributed by atoms with Crippen LogP contribution < -0.4 is 0 Å². The summed E-state index contributed by atoms with van der Waals surface area (Å²) in [7, 11) is 1.49. The maximum absolute atomic E-state index is 12.0. The van der Waals surface area contributed by atoms with E-state index in [2.05, 4.69) is 0 Å². The van der Waals surface area contributed by atoms with Crippen molar-refractivity contribution in [3.05, 3.63) is 35.9 Å². The van der Waals surface area contributed by atoms with Crippen molar-refractivity contribution in [1.29, 1.82) is 0 Å². The molecule has 1 aliphatic rings. The van der Waals surface area contributed by atoms with Crippen molar-refractivity contribution in [2.45, 2.75) is 31.9 Å². The molecule has 1 fully saturated rings. The number of nitrogens with zero attached hydrogens (tertiary/aromatic N) is 1. The molecule has 0 aliphatic heterocycles. The van der Waals surface area contributed by atoms with Crippen LogP contribution in [0.5, 0.6) is 0 Å². The van der Waals surface area contributed by atoms with Crippen molar-refractivity contribution in [2.75, 3.05) is 7.05 Å². The molecule has 0 radical (unpaired) electrons. The number of benzene rings is 1. The lowest BCUT2D eigenvalue weighted by atomic mass is 9.68. The molecular weight excluding hydrogens is 258 g/mol. The van der Waals surface area contributed by atoms with Gasteiger partial charge in [-0.1, -0.05) is 37.3 Å². The van der Waals surface area contributed by atoms with Crippen LogP contribution >= 0.6 is 0 Å². The number of rotatable bonds is 4. The van der Waals surface area contributed by atoms with Crippen LogP contribution in [-0.4, -0.2) is 34.7 Å². The average molecular weight is 277 g/mol. The Labute approximate surface area is 118 Å². The van der Waals surface area contributed by atoms with E-state index < -0.39 is 17.6 Å². The molecule has 20 heavy (non-hydrogen) atoms. The zero-order chi connectivity index (χ0) is 14.8. The number of ether oxygens (including phenoxy) is 1. The van der Waals surface area contributed by atoms with Gasteiger partial charge < -0.3 is 9.84 Å². The first-order valence-corrected chi connectivity index (χ1v) is 6.63. The molecule has 0 spiro atoms. The van der Waals surface area contributed by atoms with Crippen molar-refractivity contribution >= 4 is 12.1 Å². The number of hydrogen-bond acceptors (Lipinski definition) is 3. The van der Waals surface area contributed by atoms with Crippen LogP contribution in [0.25, 0.3) is 0 Å². The van der Waals surface area contributed by atoms with Gasteiger partial charge in [-0.2, -0.15) is 0 Å². The average Bonchev–Trinajstić information content (AvgIpc) is 2.41. The van der Waals surface area contributed by atoms with Crippen LogP contribution in [0.2, 0.25) is 0 Å². The first-order chi connectivity index (χ1) is 9.45. The second-order valence-corrected chi connectivity index (χ2v) is 5.45. The van der Waals surface area contributed by atoms with Gasteiger partial charge in [0, 0.05) is 7.05 Å². The molecule has 5 nitrogen and oxygen atoms in total. The van der Waals surface area contributed by atoms with Crippen molar-refractivity contribution in [3.8, 4) is 0 Å². The molecule has 0 bridgehead atoms. The van der Waals surface area contributed by atoms with Crippen LogP contribution in [-0.2, 0) is 16.1 Å². The van der Waals surface area contributed by atoms with E-state index in [-0.39, 0.29) is 6.61 Å². The molecule has 1 amide bonds. The maximum Gasteiger partial charge on any atom is 0.410 e. The topological polar surface area (TPSA) is 66.8 Å². The minimum absolute atomic E-state index is 0.148. The number of carbonyl (C=O) groups is 2. The van der Waals surface area contributed by atoms with Crippen LogP contribution in [0, 0.1) is 5.92 Å². The van der Waals surface area contributed by atoms with Gasteiger partial charge in [-0.05, 0) is 24.3 Å². The van der Waals surface area contributed by atoms with E-state index in [0.717, 1.165) is 5.56 Å². The molecule has 1 aromatic carbocycles.